The minimum Gasteiger partial charge on any atom is -0.309 e. The fraction of sp³-hybridized carbons (Fsp3) is 0.0192. The molecule has 0 aliphatic carbocycles. The molecule has 3 aromatic heterocycles. The molecule has 60 heavy (non-hydrogen) atoms. The van der Waals surface area contributed by atoms with Crippen LogP contribution in [0.15, 0.2) is 194 Å². The van der Waals surface area contributed by atoms with Gasteiger partial charge in [0, 0.05) is 43.8 Å². The Morgan fingerprint density at radius 1 is 0.333 bits per heavy atom. The number of para-hydroxylation sites is 4. The van der Waals surface area contributed by atoms with Crippen LogP contribution >= 0.6 is 0 Å². The van der Waals surface area contributed by atoms with Crippen molar-refractivity contribution in [3.8, 4) is 56.7 Å². The van der Waals surface area contributed by atoms with Gasteiger partial charge in [0.05, 0.1) is 39.0 Å². The summed E-state index contributed by atoms with van der Waals surface area (Å²) in [5, 5.41) is 3.74. The summed E-state index contributed by atoms with van der Waals surface area (Å²) in [7, 11) is 0. The van der Waals surface area contributed by atoms with Crippen LogP contribution in [-0.2, 0) is 6.18 Å². The topological polar surface area (TPSA) is 48.5 Å². The molecule has 8 heteroatoms. The molecule has 0 bridgehead atoms. The van der Waals surface area contributed by atoms with Crippen molar-refractivity contribution >= 4 is 43.6 Å². The molecule has 0 fully saturated rings. The number of aromatic nitrogens is 5. The van der Waals surface area contributed by atoms with E-state index in [1.807, 2.05) is 170 Å². The van der Waals surface area contributed by atoms with Gasteiger partial charge in [0.15, 0.2) is 17.5 Å². The van der Waals surface area contributed by atoms with Crippen LogP contribution in [0.1, 0.15) is 5.56 Å². The van der Waals surface area contributed by atoms with Crippen molar-refractivity contribution in [1.29, 1.82) is 0 Å². The maximum atomic E-state index is 16.2. The van der Waals surface area contributed by atoms with E-state index in [1.54, 1.807) is 28.8 Å². The van der Waals surface area contributed by atoms with Crippen molar-refractivity contribution in [2.45, 2.75) is 6.18 Å². The average Bonchev–Trinajstić information content (AvgIpc) is 3.82. The van der Waals surface area contributed by atoms with Crippen LogP contribution in [0.3, 0.4) is 0 Å². The lowest BCUT2D eigenvalue weighted by Gasteiger charge is -2.22. The highest BCUT2D eigenvalue weighted by Crippen LogP contribution is 2.46. The highest BCUT2D eigenvalue weighted by molar-refractivity contribution is 6.11. The van der Waals surface area contributed by atoms with Crippen LogP contribution in [0, 0.1) is 0 Å². The summed E-state index contributed by atoms with van der Waals surface area (Å²) in [5.41, 5.74) is 5.51. The van der Waals surface area contributed by atoms with Gasteiger partial charge in [0.25, 0.3) is 0 Å². The molecular weight excluding hydrogens is 752 g/mol. The Labute approximate surface area is 342 Å². The fourth-order valence-electron chi connectivity index (χ4n) is 8.64. The van der Waals surface area contributed by atoms with E-state index in [2.05, 4.69) is 4.57 Å². The van der Waals surface area contributed by atoms with Gasteiger partial charge in [-0.25, -0.2) is 15.0 Å². The van der Waals surface area contributed by atoms with Crippen LogP contribution in [0.5, 0.6) is 0 Å². The van der Waals surface area contributed by atoms with Gasteiger partial charge in [-0.1, -0.05) is 146 Å². The molecule has 0 aliphatic rings. The molecule has 0 atom stereocenters. The molecule has 286 valence electrons. The van der Waals surface area contributed by atoms with Crippen molar-refractivity contribution in [3.05, 3.63) is 200 Å². The van der Waals surface area contributed by atoms with Gasteiger partial charge in [-0.15, -0.1) is 0 Å². The summed E-state index contributed by atoms with van der Waals surface area (Å²) in [6.45, 7) is 0. The Morgan fingerprint density at radius 2 is 0.733 bits per heavy atom. The van der Waals surface area contributed by atoms with Gasteiger partial charge < -0.3 is 9.13 Å². The molecule has 0 radical (unpaired) electrons. The van der Waals surface area contributed by atoms with E-state index < -0.39 is 11.7 Å². The van der Waals surface area contributed by atoms with E-state index in [1.165, 1.54) is 0 Å². The molecule has 0 saturated carbocycles. The predicted octanol–water partition coefficient (Wildman–Crippen LogP) is 13.8. The second-order valence-corrected chi connectivity index (χ2v) is 14.7. The first kappa shape index (κ1) is 35.3. The first-order chi connectivity index (χ1) is 29.4. The Hall–Kier alpha value is -7.84. The molecule has 3 heterocycles. The van der Waals surface area contributed by atoms with E-state index in [0.717, 1.165) is 43.7 Å². The molecular formula is C52H32F3N5. The monoisotopic (exact) mass is 783 g/mol. The third-order valence-corrected chi connectivity index (χ3v) is 11.2. The smallest absolute Gasteiger partial charge is 0.309 e. The van der Waals surface area contributed by atoms with Crippen LogP contribution in [0.2, 0.25) is 0 Å². The summed E-state index contributed by atoms with van der Waals surface area (Å²) in [5.74, 6) is 1.25. The van der Waals surface area contributed by atoms with Gasteiger partial charge in [-0.05, 0) is 54.1 Å². The zero-order valence-electron chi connectivity index (χ0n) is 31.8. The molecule has 5 nitrogen and oxygen atoms in total. The van der Waals surface area contributed by atoms with Gasteiger partial charge in [0.2, 0.25) is 0 Å². The summed E-state index contributed by atoms with van der Waals surface area (Å²) in [4.78, 5) is 14.8. The summed E-state index contributed by atoms with van der Waals surface area (Å²) in [6, 6.07) is 60.9. The number of hydrogen-bond donors (Lipinski definition) is 0. The minimum absolute atomic E-state index is 0.0289. The number of hydrogen-bond acceptors (Lipinski definition) is 3. The minimum atomic E-state index is -4.76. The molecule has 11 aromatic rings. The van der Waals surface area contributed by atoms with Crippen molar-refractivity contribution in [2.24, 2.45) is 0 Å². The predicted molar refractivity (Wildman–Crippen MR) is 235 cm³/mol. The zero-order valence-corrected chi connectivity index (χ0v) is 31.8. The molecule has 0 saturated heterocycles. The maximum absolute atomic E-state index is 16.2. The van der Waals surface area contributed by atoms with Crippen LogP contribution in [-0.4, -0.2) is 24.1 Å². The Morgan fingerprint density at radius 3 is 1.18 bits per heavy atom. The first-order valence-corrected chi connectivity index (χ1v) is 19.6. The Balaban J connectivity index is 1.24. The number of rotatable bonds is 6. The molecule has 0 amide bonds. The van der Waals surface area contributed by atoms with Crippen molar-refractivity contribution in [3.63, 3.8) is 0 Å². The van der Waals surface area contributed by atoms with E-state index in [4.69, 9.17) is 15.0 Å². The SMILES string of the molecule is FC(F)(F)c1c(-c2cc(-c3nc(-c4ccccc4)nc(-c4ccccc4)n3)ccc2-n2c3ccccc3c3ccccc32)cccc1-n1c2ccccc2c2ccccc21. The van der Waals surface area contributed by atoms with Crippen molar-refractivity contribution in [2.75, 3.05) is 0 Å². The highest BCUT2D eigenvalue weighted by atomic mass is 19.4. The van der Waals surface area contributed by atoms with Crippen molar-refractivity contribution < 1.29 is 13.2 Å². The fourth-order valence-corrected chi connectivity index (χ4v) is 8.64. The number of halogens is 3. The van der Waals surface area contributed by atoms with Crippen LogP contribution in [0.4, 0.5) is 13.2 Å². The van der Waals surface area contributed by atoms with E-state index >= 15 is 13.2 Å². The van der Waals surface area contributed by atoms with E-state index in [9.17, 15) is 0 Å². The van der Waals surface area contributed by atoms with Gasteiger partial charge in [-0.3, -0.25) is 0 Å². The van der Waals surface area contributed by atoms with Crippen LogP contribution < -0.4 is 0 Å². The lowest BCUT2D eigenvalue weighted by atomic mass is 9.94. The second kappa shape index (κ2) is 13.9. The number of alkyl halides is 3. The van der Waals surface area contributed by atoms with Crippen molar-refractivity contribution in [1.82, 2.24) is 24.1 Å². The lowest BCUT2D eigenvalue weighted by molar-refractivity contribution is -0.136. The average molecular weight is 784 g/mol. The zero-order chi connectivity index (χ0) is 40.4. The molecule has 0 spiro atoms. The Kier molecular flexibility index (Phi) is 8.20. The van der Waals surface area contributed by atoms with Gasteiger partial charge in [0.1, 0.15) is 0 Å². The Bertz CT molecular complexity index is 3260. The van der Waals surface area contributed by atoms with Gasteiger partial charge >= 0.3 is 6.18 Å². The van der Waals surface area contributed by atoms with Gasteiger partial charge in [-0.2, -0.15) is 13.2 Å². The molecule has 0 aliphatic heterocycles. The number of nitrogens with zero attached hydrogens (tertiary/aromatic N) is 5. The summed E-state index contributed by atoms with van der Waals surface area (Å²) >= 11 is 0. The quantitative estimate of drug-likeness (QED) is 0.169. The maximum Gasteiger partial charge on any atom is 0.419 e. The third-order valence-electron chi connectivity index (χ3n) is 11.2. The first-order valence-electron chi connectivity index (χ1n) is 19.6. The molecule has 0 unspecified atom stereocenters. The van der Waals surface area contributed by atoms with E-state index in [0.29, 0.717) is 45.3 Å². The summed E-state index contributed by atoms with van der Waals surface area (Å²) < 4.78 is 52.5. The number of fused-ring (bicyclic) bond motifs is 6. The highest BCUT2D eigenvalue weighted by Gasteiger charge is 2.38. The summed E-state index contributed by atoms with van der Waals surface area (Å²) in [6.07, 6.45) is -4.76. The normalized spacial score (nSPS) is 11.9. The standard InChI is InChI=1S/C52H32F3N5/c53-52(54,55)48-40(24-15-29-47(48)60-44-27-13-9-22-38(44)39-23-10-14-28-45(39)60)41-32-35(30-31-46(41)59-42-25-11-7-20-36(42)37-21-8-12-26-43(37)59)51-57-49(33-16-3-1-4-17-33)56-50(58-51)34-18-5-2-6-19-34/h1-32H. The van der Waals surface area contributed by atoms with E-state index in [-0.39, 0.29) is 11.3 Å². The largest absolute Gasteiger partial charge is 0.419 e. The molecule has 11 rings (SSSR count). The van der Waals surface area contributed by atoms with Crippen LogP contribution in [0.25, 0.3) is 100 Å². The lowest BCUT2D eigenvalue weighted by Crippen LogP contribution is -2.13. The number of benzene rings is 8. The second-order valence-electron chi connectivity index (χ2n) is 14.7. The molecule has 8 aromatic carbocycles. The third kappa shape index (κ3) is 5.75. The molecule has 0 N–H and O–H groups in total.